The van der Waals surface area contributed by atoms with Crippen molar-refractivity contribution in [2.75, 3.05) is 0 Å². The Hall–Kier alpha value is -1.45. The molecule has 0 aliphatic carbocycles. The molecule has 1 rings (SSSR count). The van der Waals surface area contributed by atoms with Crippen molar-refractivity contribution in [1.29, 1.82) is 0 Å². The van der Waals surface area contributed by atoms with Crippen LogP contribution in [0.25, 0.3) is 12.8 Å². The average molecular weight is 155 g/mol. The fourth-order valence-corrected chi connectivity index (χ4v) is 0.576. The highest BCUT2D eigenvalue weighted by Gasteiger charge is 1.83. The van der Waals surface area contributed by atoms with Crippen molar-refractivity contribution in [3.05, 3.63) is 21.2 Å². The molecule has 0 amide bonds. The predicted molar refractivity (Wildman–Crippen MR) is 46.2 cm³/mol. The van der Waals surface area contributed by atoms with Crippen molar-refractivity contribution in [3.8, 4) is 0 Å². The highest BCUT2D eigenvalue weighted by atomic mass is 16.1. The first kappa shape index (κ1) is 9.55. The van der Waals surface area contributed by atoms with Gasteiger partial charge < -0.3 is 15.7 Å². The Morgan fingerprint density at radius 1 is 1.45 bits per heavy atom. The summed E-state index contributed by atoms with van der Waals surface area (Å²) in [4.78, 5) is 15.3. The van der Waals surface area contributed by atoms with Gasteiger partial charge in [0, 0.05) is 6.20 Å². The molecular formula is C7H13N3O. The van der Waals surface area contributed by atoms with Crippen LogP contribution in [0.2, 0.25) is 0 Å². The van der Waals surface area contributed by atoms with Gasteiger partial charge >= 0.3 is 5.69 Å². The highest BCUT2D eigenvalue weighted by Crippen LogP contribution is 1.36. The summed E-state index contributed by atoms with van der Waals surface area (Å²) >= 11 is 0. The highest BCUT2D eigenvalue weighted by molar-refractivity contribution is 5.13. The van der Waals surface area contributed by atoms with Gasteiger partial charge in [0.1, 0.15) is 0 Å². The molecule has 4 heteroatoms. The molecule has 0 unspecified atom stereocenters. The molecule has 0 spiro atoms. The van der Waals surface area contributed by atoms with Gasteiger partial charge in [-0.25, -0.2) is 4.79 Å². The first-order chi connectivity index (χ1) is 5.24. The van der Waals surface area contributed by atoms with Crippen LogP contribution in [0.15, 0.2) is 4.79 Å². The molecule has 11 heavy (non-hydrogen) atoms. The first-order valence-corrected chi connectivity index (χ1v) is 3.43. The molecule has 1 heterocycles. The number of nitrogens with two attached hydrogens (primary N) is 1. The SMILES string of the molecule is C=c1[nH]c(=O)[nH]/c1=C/N.CC. The van der Waals surface area contributed by atoms with Crippen LogP contribution >= 0.6 is 0 Å². The van der Waals surface area contributed by atoms with Crippen molar-refractivity contribution in [2.24, 2.45) is 5.73 Å². The summed E-state index contributed by atoms with van der Waals surface area (Å²) in [7, 11) is 0. The van der Waals surface area contributed by atoms with Gasteiger partial charge in [-0.2, -0.15) is 0 Å². The van der Waals surface area contributed by atoms with Gasteiger partial charge in [0.15, 0.2) is 0 Å². The molecule has 0 bridgehead atoms. The summed E-state index contributed by atoms with van der Waals surface area (Å²) in [5.41, 5.74) is 4.83. The van der Waals surface area contributed by atoms with E-state index in [-0.39, 0.29) is 5.69 Å². The van der Waals surface area contributed by atoms with E-state index in [1.54, 1.807) is 0 Å². The molecule has 0 radical (unpaired) electrons. The fraction of sp³-hybridized carbons (Fsp3) is 0.286. The number of aromatic nitrogens is 2. The molecule has 0 aromatic carbocycles. The third kappa shape index (κ3) is 2.33. The van der Waals surface area contributed by atoms with E-state index in [2.05, 4.69) is 16.5 Å². The Bertz CT molecular complexity index is 346. The number of rotatable bonds is 0. The molecule has 0 aliphatic heterocycles. The molecule has 0 atom stereocenters. The number of aromatic amines is 2. The zero-order valence-electron chi connectivity index (χ0n) is 6.77. The van der Waals surface area contributed by atoms with E-state index in [0.717, 1.165) is 0 Å². The minimum absolute atomic E-state index is 0.281. The minimum atomic E-state index is -0.281. The van der Waals surface area contributed by atoms with Gasteiger partial charge in [0.2, 0.25) is 0 Å². The zero-order chi connectivity index (χ0) is 8.85. The summed E-state index contributed by atoms with van der Waals surface area (Å²) in [5.74, 6) is 0. The monoisotopic (exact) mass is 155 g/mol. The van der Waals surface area contributed by atoms with E-state index in [9.17, 15) is 4.79 Å². The van der Waals surface area contributed by atoms with E-state index in [0.29, 0.717) is 10.7 Å². The van der Waals surface area contributed by atoms with Crippen LogP contribution < -0.4 is 22.1 Å². The lowest BCUT2D eigenvalue weighted by molar-refractivity contribution is 1.17. The third-order valence-electron chi connectivity index (χ3n) is 1.00. The van der Waals surface area contributed by atoms with Gasteiger partial charge in [-0.15, -0.1) is 0 Å². The van der Waals surface area contributed by atoms with Crippen LogP contribution in [0.4, 0.5) is 0 Å². The van der Waals surface area contributed by atoms with Crippen LogP contribution in [0.3, 0.4) is 0 Å². The van der Waals surface area contributed by atoms with E-state index >= 15 is 0 Å². The second-order valence-corrected chi connectivity index (χ2v) is 1.64. The maximum atomic E-state index is 10.4. The van der Waals surface area contributed by atoms with Crippen LogP contribution in [-0.4, -0.2) is 9.97 Å². The van der Waals surface area contributed by atoms with Gasteiger partial charge in [-0.3, -0.25) is 0 Å². The quantitative estimate of drug-likeness (QED) is 0.442. The molecule has 1 aromatic rings. The van der Waals surface area contributed by atoms with Gasteiger partial charge in [-0.1, -0.05) is 20.4 Å². The van der Waals surface area contributed by atoms with E-state index in [4.69, 9.17) is 5.73 Å². The normalized spacial score (nSPS) is 10.5. The summed E-state index contributed by atoms with van der Waals surface area (Å²) in [6, 6.07) is 0. The second kappa shape index (κ2) is 4.38. The summed E-state index contributed by atoms with van der Waals surface area (Å²) in [5, 5.41) is 1.06. The molecule has 0 saturated heterocycles. The molecular weight excluding hydrogens is 142 g/mol. The Balaban J connectivity index is 0.000000461. The maximum Gasteiger partial charge on any atom is 0.323 e. The fourth-order valence-electron chi connectivity index (χ4n) is 0.576. The van der Waals surface area contributed by atoms with Crippen molar-refractivity contribution < 1.29 is 0 Å². The Kier molecular flexibility index (Phi) is 3.80. The lowest BCUT2D eigenvalue weighted by Gasteiger charge is -1.67. The van der Waals surface area contributed by atoms with Crippen molar-refractivity contribution in [3.63, 3.8) is 0 Å². The second-order valence-electron chi connectivity index (χ2n) is 1.64. The Labute approximate surface area is 64.4 Å². The van der Waals surface area contributed by atoms with E-state index in [1.165, 1.54) is 6.20 Å². The molecule has 1 aromatic heterocycles. The molecule has 0 aliphatic rings. The number of hydrogen-bond donors (Lipinski definition) is 3. The Morgan fingerprint density at radius 2 is 2.00 bits per heavy atom. The predicted octanol–water partition coefficient (Wildman–Crippen LogP) is -1.16. The molecule has 0 fully saturated rings. The van der Waals surface area contributed by atoms with Crippen molar-refractivity contribution in [2.45, 2.75) is 13.8 Å². The third-order valence-corrected chi connectivity index (χ3v) is 1.00. The largest absolute Gasteiger partial charge is 0.403 e. The molecule has 0 saturated carbocycles. The number of H-pyrrole nitrogens is 2. The number of hydrogen-bond acceptors (Lipinski definition) is 2. The van der Waals surface area contributed by atoms with Crippen molar-refractivity contribution in [1.82, 2.24) is 9.97 Å². The summed E-state index contributed by atoms with van der Waals surface area (Å²) in [6.45, 7) is 7.51. The minimum Gasteiger partial charge on any atom is -0.403 e. The van der Waals surface area contributed by atoms with E-state index in [1.807, 2.05) is 13.8 Å². The topological polar surface area (TPSA) is 74.7 Å². The van der Waals surface area contributed by atoms with Crippen LogP contribution in [-0.2, 0) is 0 Å². The van der Waals surface area contributed by atoms with Crippen molar-refractivity contribution >= 4 is 12.8 Å². The summed E-state index contributed by atoms with van der Waals surface area (Å²) in [6.07, 6.45) is 1.29. The number of imidazole rings is 1. The number of nitrogens with one attached hydrogen (secondary N) is 2. The molecule has 4 N–H and O–H groups in total. The maximum absolute atomic E-state index is 10.4. The zero-order valence-corrected chi connectivity index (χ0v) is 6.77. The summed E-state index contributed by atoms with van der Waals surface area (Å²) < 4.78 is 0. The van der Waals surface area contributed by atoms with Gasteiger partial charge in [0.05, 0.1) is 10.7 Å². The smallest absolute Gasteiger partial charge is 0.323 e. The van der Waals surface area contributed by atoms with Gasteiger partial charge in [0.25, 0.3) is 0 Å². The lowest BCUT2D eigenvalue weighted by Crippen LogP contribution is -2.23. The van der Waals surface area contributed by atoms with Gasteiger partial charge in [-0.05, 0) is 0 Å². The first-order valence-electron chi connectivity index (χ1n) is 3.43. The van der Waals surface area contributed by atoms with E-state index < -0.39 is 0 Å². The lowest BCUT2D eigenvalue weighted by atomic mass is 10.6. The molecule has 4 nitrogen and oxygen atoms in total. The average Bonchev–Trinajstić information content (AvgIpc) is 2.33. The standard InChI is InChI=1S/C5H7N3O.C2H6/c1-3-4(2-6)8-5(9)7-3;1-2/h2H,1,6H2,(H2,7,8,9);1-2H3/b4-2+;. The van der Waals surface area contributed by atoms with Crippen LogP contribution in [0.5, 0.6) is 0 Å². The Morgan fingerprint density at radius 3 is 2.18 bits per heavy atom. The van der Waals surface area contributed by atoms with Crippen LogP contribution in [0, 0.1) is 0 Å². The molecule has 62 valence electrons. The van der Waals surface area contributed by atoms with Crippen LogP contribution in [0.1, 0.15) is 13.8 Å².